The van der Waals surface area contributed by atoms with Gasteiger partial charge >= 0.3 is 0 Å². The van der Waals surface area contributed by atoms with Crippen molar-refractivity contribution in [2.45, 2.75) is 27.7 Å². The molecule has 0 aliphatic rings. The van der Waals surface area contributed by atoms with E-state index in [-0.39, 0.29) is 17.6 Å². The summed E-state index contributed by atoms with van der Waals surface area (Å²) in [5, 5.41) is 2.78. The fourth-order valence-corrected chi connectivity index (χ4v) is 2.66. The Morgan fingerprint density at radius 1 is 1.00 bits per heavy atom. The zero-order chi connectivity index (χ0) is 18.4. The maximum atomic E-state index is 13.1. The highest BCUT2D eigenvalue weighted by molar-refractivity contribution is 6.07. The van der Waals surface area contributed by atoms with Crippen molar-refractivity contribution in [3.05, 3.63) is 54.0 Å². The molecule has 0 spiro atoms. The minimum Gasteiger partial charge on any atom is -0.459 e. The number of furan rings is 1. The van der Waals surface area contributed by atoms with Crippen molar-refractivity contribution in [3.63, 3.8) is 0 Å². The molecule has 1 heterocycles. The smallest absolute Gasteiger partial charge is 0.291 e. The lowest BCUT2D eigenvalue weighted by molar-refractivity contribution is 0.0716. The second kappa shape index (κ2) is 8.51. The fourth-order valence-electron chi connectivity index (χ4n) is 2.66. The van der Waals surface area contributed by atoms with Gasteiger partial charge in [-0.1, -0.05) is 39.8 Å². The number of amides is 2. The van der Waals surface area contributed by atoms with Crippen LogP contribution in [0.25, 0.3) is 0 Å². The number of nitrogens with one attached hydrogen (secondary N) is 1. The Bertz CT molecular complexity index is 695. The summed E-state index contributed by atoms with van der Waals surface area (Å²) in [6.45, 7) is 9.71. The first kappa shape index (κ1) is 18.8. The first-order valence-electron chi connectivity index (χ1n) is 8.61. The van der Waals surface area contributed by atoms with Gasteiger partial charge in [0.2, 0.25) is 0 Å². The van der Waals surface area contributed by atoms with Crippen LogP contribution in [0.1, 0.15) is 48.6 Å². The molecule has 1 N–H and O–H groups in total. The molecule has 0 saturated carbocycles. The molecule has 0 atom stereocenters. The number of carbonyl (C=O) groups is 2. The van der Waals surface area contributed by atoms with E-state index in [4.69, 9.17) is 4.42 Å². The van der Waals surface area contributed by atoms with E-state index >= 15 is 0 Å². The summed E-state index contributed by atoms with van der Waals surface area (Å²) < 4.78 is 5.11. The Morgan fingerprint density at radius 2 is 1.64 bits per heavy atom. The third-order valence-corrected chi connectivity index (χ3v) is 3.61. The molecule has 5 heteroatoms. The van der Waals surface area contributed by atoms with Crippen LogP contribution in [-0.2, 0) is 0 Å². The molecule has 0 saturated heterocycles. The lowest BCUT2D eigenvalue weighted by Gasteiger charge is -2.27. The van der Waals surface area contributed by atoms with Crippen molar-refractivity contribution in [1.82, 2.24) is 4.90 Å². The van der Waals surface area contributed by atoms with Gasteiger partial charge in [0.05, 0.1) is 17.5 Å². The molecule has 2 amide bonds. The molecular weight excluding hydrogens is 316 g/mol. The molecule has 2 rings (SSSR count). The van der Waals surface area contributed by atoms with E-state index in [0.29, 0.717) is 36.2 Å². The Kier molecular flexibility index (Phi) is 6.39. The summed E-state index contributed by atoms with van der Waals surface area (Å²) in [4.78, 5) is 27.2. The van der Waals surface area contributed by atoms with Crippen LogP contribution >= 0.6 is 0 Å². The molecule has 0 bridgehead atoms. The molecule has 25 heavy (non-hydrogen) atoms. The number of benzene rings is 1. The molecule has 1 aromatic heterocycles. The molecule has 0 aliphatic heterocycles. The van der Waals surface area contributed by atoms with E-state index in [2.05, 4.69) is 33.0 Å². The molecule has 0 radical (unpaired) electrons. The van der Waals surface area contributed by atoms with Crippen molar-refractivity contribution < 1.29 is 14.0 Å². The summed E-state index contributed by atoms with van der Waals surface area (Å²) in [6.07, 6.45) is 1.44. The van der Waals surface area contributed by atoms with Crippen molar-refractivity contribution in [3.8, 4) is 0 Å². The second-order valence-electron chi connectivity index (χ2n) is 6.97. The SMILES string of the molecule is CC(C)CN(CC(C)C)C(=O)c1ccccc1NC(=O)c1ccco1. The van der Waals surface area contributed by atoms with E-state index in [9.17, 15) is 9.59 Å². The third-order valence-electron chi connectivity index (χ3n) is 3.61. The number of hydrogen-bond acceptors (Lipinski definition) is 3. The number of carbonyl (C=O) groups excluding carboxylic acids is 2. The molecule has 134 valence electrons. The van der Waals surface area contributed by atoms with Crippen LogP contribution in [0.3, 0.4) is 0 Å². The van der Waals surface area contributed by atoms with Crippen LogP contribution in [0.2, 0.25) is 0 Å². The Balaban J connectivity index is 2.25. The van der Waals surface area contributed by atoms with Crippen molar-refractivity contribution in [1.29, 1.82) is 0 Å². The van der Waals surface area contributed by atoms with E-state index in [1.54, 1.807) is 36.4 Å². The first-order valence-corrected chi connectivity index (χ1v) is 8.61. The lowest BCUT2D eigenvalue weighted by atomic mass is 10.1. The molecular formula is C20H26N2O3. The van der Waals surface area contributed by atoms with Gasteiger partial charge in [-0.05, 0) is 36.1 Å². The molecule has 1 aromatic carbocycles. The van der Waals surface area contributed by atoms with Crippen molar-refractivity contribution in [2.24, 2.45) is 11.8 Å². The summed E-state index contributed by atoms with van der Waals surface area (Å²) in [5.41, 5.74) is 0.982. The van der Waals surface area contributed by atoms with Gasteiger partial charge in [-0.3, -0.25) is 9.59 Å². The predicted molar refractivity (Wildman–Crippen MR) is 98.7 cm³/mol. The highest BCUT2D eigenvalue weighted by atomic mass is 16.3. The van der Waals surface area contributed by atoms with Gasteiger partial charge in [-0.15, -0.1) is 0 Å². The standard InChI is InChI=1S/C20H26N2O3/c1-14(2)12-22(13-15(3)4)20(24)16-8-5-6-9-17(16)21-19(23)18-10-7-11-25-18/h5-11,14-15H,12-13H2,1-4H3,(H,21,23). The maximum absolute atomic E-state index is 13.1. The zero-order valence-electron chi connectivity index (χ0n) is 15.3. The fraction of sp³-hybridized carbons (Fsp3) is 0.400. The van der Waals surface area contributed by atoms with Gasteiger partial charge in [0, 0.05) is 13.1 Å². The third kappa shape index (κ3) is 5.21. The number of nitrogens with zero attached hydrogens (tertiary/aromatic N) is 1. The second-order valence-corrected chi connectivity index (χ2v) is 6.97. The van der Waals surface area contributed by atoms with Gasteiger partial charge in [0.25, 0.3) is 11.8 Å². The van der Waals surface area contributed by atoms with Crippen LogP contribution in [0.4, 0.5) is 5.69 Å². The van der Waals surface area contributed by atoms with Gasteiger partial charge in [0.1, 0.15) is 0 Å². The van der Waals surface area contributed by atoms with Gasteiger partial charge in [0.15, 0.2) is 5.76 Å². The minimum atomic E-state index is -0.371. The average Bonchev–Trinajstić information content (AvgIpc) is 3.08. The monoisotopic (exact) mass is 342 g/mol. The van der Waals surface area contributed by atoms with Crippen LogP contribution in [0.15, 0.2) is 47.1 Å². The van der Waals surface area contributed by atoms with Crippen LogP contribution in [0.5, 0.6) is 0 Å². The van der Waals surface area contributed by atoms with Crippen LogP contribution in [-0.4, -0.2) is 29.8 Å². The topological polar surface area (TPSA) is 62.6 Å². The first-order chi connectivity index (χ1) is 11.9. The predicted octanol–water partition coefficient (Wildman–Crippen LogP) is 4.29. The summed E-state index contributed by atoms with van der Waals surface area (Å²) in [6, 6.07) is 10.3. The van der Waals surface area contributed by atoms with Crippen LogP contribution in [0, 0.1) is 11.8 Å². The lowest BCUT2D eigenvalue weighted by Crippen LogP contribution is -2.37. The number of rotatable bonds is 7. The van der Waals surface area contributed by atoms with Crippen LogP contribution < -0.4 is 5.32 Å². The van der Waals surface area contributed by atoms with E-state index in [0.717, 1.165) is 0 Å². The molecule has 0 aliphatic carbocycles. The largest absolute Gasteiger partial charge is 0.459 e. The summed E-state index contributed by atoms with van der Waals surface area (Å²) >= 11 is 0. The normalized spacial score (nSPS) is 11.0. The Morgan fingerprint density at radius 3 is 2.20 bits per heavy atom. The highest BCUT2D eigenvalue weighted by Crippen LogP contribution is 2.20. The quantitative estimate of drug-likeness (QED) is 0.816. The van der Waals surface area contributed by atoms with Crippen molar-refractivity contribution in [2.75, 3.05) is 18.4 Å². The number of hydrogen-bond donors (Lipinski definition) is 1. The van der Waals surface area contributed by atoms with Gasteiger partial charge in [-0.2, -0.15) is 0 Å². The zero-order valence-corrected chi connectivity index (χ0v) is 15.3. The van der Waals surface area contributed by atoms with E-state index < -0.39 is 0 Å². The average molecular weight is 342 g/mol. The molecule has 0 unspecified atom stereocenters. The molecule has 0 fully saturated rings. The molecule has 2 aromatic rings. The van der Waals surface area contributed by atoms with Crippen molar-refractivity contribution >= 4 is 17.5 Å². The number of anilines is 1. The number of para-hydroxylation sites is 1. The highest BCUT2D eigenvalue weighted by Gasteiger charge is 2.21. The molecule has 5 nitrogen and oxygen atoms in total. The van der Waals surface area contributed by atoms with Gasteiger partial charge < -0.3 is 14.6 Å². The maximum Gasteiger partial charge on any atom is 0.291 e. The van der Waals surface area contributed by atoms with E-state index in [1.165, 1.54) is 6.26 Å². The van der Waals surface area contributed by atoms with Gasteiger partial charge in [-0.25, -0.2) is 0 Å². The van der Waals surface area contributed by atoms with E-state index in [1.807, 2.05) is 4.90 Å². The summed E-state index contributed by atoms with van der Waals surface area (Å²) in [7, 11) is 0. The minimum absolute atomic E-state index is 0.0715. The Hall–Kier alpha value is -2.56. The summed E-state index contributed by atoms with van der Waals surface area (Å²) in [5.74, 6) is 0.505. The Labute approximate surface area is 149 Å².